The van der Waals surface area contributed by atoms with Gasteiger partial charge in [-0.25, -0.2) is 0 Å². The van der Waals surface area contributed by atoms with Crippen LogP contribution in [-0.4, -0.2) is 24.5 Å². The number of ether oxygens (including phenoxy) is 1. The van der Waals surface area contributed by atoms with Crippen molar-refractivity contribution in [1.29, 1.82) is 0 Å². The molecule has 0 aliphatic rings. The van der Waals surface area contributed by atoms with E-state index in [0.29, 0.717) is 23.8 Å². The lowest BCUT2D eigenvalue weighted by atomic mass is 10.1. The van der Waals surface area contributed by atoms with Gasteiger partial charge in [-0.2, -0.15) is 0 Å². The van der Waals surface area contributed by atoms with E-state index in [4.69, 9.17) is 16.3 Å². The summed E-state index contributed by atoms with van der Waals surface area (Å²) in [4.78, 5) is 16.5. The number of carbonyl (C=O) groups is 1. The monoisotopic (exact) mass is 395 g/mol. The van der Waals surface area contributed by atoms with E-state index >= 15 is 0 Å². The zero-order chi connectivity index (χ0) is 19.8. The minimum Gasteiger partial charge on any atom is -0.497 e. The zero-order valence-corrected chi connectivity index (χ0v) is 16.4. The third-order valence-electron chi connectivity index (χ3n) is 4.26. The molecule has 28 heavy (non-hydrogen) atoms. The van der Waals surface area contributed by atoms with E-state index in [0.717, 1.165) is 29.0 Å². The Morgan fingerprint density at radius 1 is 1.04 bits per heavy atom. The van der Waals surface area contributed by atoms with Gasteiger partial charge in [-0.3, -0.25) is 9.78 Å². The summed E-state index contributed by atoms with van der Waals surface area (Å²) in [6.07, 6.45) is 2.36. The van der Waals surface area contributed by atoms with Gasteiger partial charge >= 0.3 is 0 Å². The molecule has 6 heteroatoms. The molecule has 0 saturated carbocycles. The van der Waals surface area contributed by atoms with Crippen molar-refractivity contribution in [2.45, 2.75) is 13.0 Å². The van der Waals surface area contributed by atoms with Crippen LogP contribution < -0.4 is 15.4 Å². The molecule has 1 heterocycles. The number of nitrogens with zero attached hydrogens (tertiary/aromatic N) is 1. The maximum atomic E-state index is 12.3. The SMILES string of the molecule is COc1ccc(CNc2ccnc(C(=O)NCCc3ccc(Cl)cc3)c2)cc1. The van der Waals surface area contributed by atoms with Gasteiger partial charge in [0.2, 0.25) is 0 Å². The number of methoxy groups -OCH3 is 1. The largest absolute Gasteiger partial charge is 0.497 e. The van der Waals surface area contributed by atoms with Gasteiger partial charge < -0.3 is 15.4 Å². The predicted molar refractivity (Wildman–Crippen MR) is 112 cm³/mol. The van der Waals surface area contributed by atoms with Crippen molar-refractivity contribution in [3.63, 3.8) is 0 Å². The van der Waals surface area contributed by atoms with Gasteiger partial charge in [-0.15, -0.1) is 0 Å². The molecule has 0 radical (unpaired) electrons. The molecule has 144 valence electrons. The van der Waals surface area contributed by atoms with Gasteiger partial charge in [0.15, 0.2) is 0 Å². The van der Waals surface area contributed by atoms with E-state index in [1.807, 2.05) is 54.6 Å². The third kappa shape index (κ3) is 5.72. The number of pyridine rings is 1. The maximum absolute atomic E-state index is 12.3. The molecule has 5 nitrogen and oxygen atoms in total. The summed E-state index contributed by atoms with van der Waals surface area (Å²) < 4.78 is 5.16. The van der Waals surface area contributed by atoms with Crippen molar-refractivity contribution >= 4 is 23.2 Å². The number of carbonyl (C=O) groups excluding carboxylic acids is 1. The van der Waals surface area contributed by atoms with Crippen LogP contribution in [0.2, 0.25) is 5.02 Å². The number of halogens is 1. The van der Waals surface area contributed by atoms with Crippen molar-refractivity contribution in [2.75, 3.05) is 19.0 Å². The van der Waals surface area contributed by atoms with E-state index in [1.165, 1.54) is 0 Å². The highest BCUT2D eigenvalue weighted by molar-refractivity contribution is 6.30. The van der Waals surface area contributed by atoms with Crippen LogP contribution in [0.5, 0.6) is 5.75 Å². The van der Waals surface area contributed by atoms with E-state index in [1.54, 1.807) is 19.4 Å². The number of anilines is 1. The number of hydrogen-bond donors (Lipinski definition) is 2. The molecule has 0 bridgehead atoms. The molecule has 3 aromatic rings. The maximum Gasteiger partial charge on any atom is 0.269 e. The zero-order valence-electron chi connectivity index (χ0n) is 15.6. The summed E-state index contributed by atoms with van der Waals surface area (Å²) in [7, 11) is 1.65. The van der Waals surface area contributed by atoms with Crippen LogP contribution in [0.15, 0.2) is 66.9 Å². The molecule has 1 aromatic heterocycles. The lowest BCUT2D eigenvalue weighted by Crippen LogP contribution is -2.26. The Bertz CT molecular complexity index is 912. The minimum atomic E-state index is -0.193. The minimum absolute atomic E-state index is 0.193. The summed E-state index contributed by atoms with van der Waals surface area (Å²) in [5, 5.41) is 6.91. The smallest absolute Gasteiger partial charge is 0.269 e. The Morgan fingerprint density at radius 3 is 2.46 bits per heavy atom. The van der Waals surface area contributed by atoms with Crippen LogP contribution >= 0.6 is 11.6 Å². The second kappa shape index (κ2) is 9.76. The molecular formula is C22H22ClN3O2. The quantitative estimate of drug-likeness (QED) is 0.596. The molecule has 0 atom stereocenters. The van der Waals surface area contributed by atoms with E-state index < -0.39 is 0 Å². The average molecular weight is 396 g/mol. The molecule has 0 saturated heterocycles. The highest BCUT2D eigenvalue weighted by atomic mass is 35.5. The first-order chi connectivity index (χ1) is 13.6. The number of nitrogens with one attached hydrogen (secondary N) is 2. The first-order valence-corrected chi connectivity index (χ1v) is 9.37. The highest BCUT2D eigenvalue weighted by Crippen LogP contribution is 2.14. The Balaban J connectivity index is 1.51. The van der Waals surface area contributed by atoms with Gasteiger partial charge in [0.05, 0.1) is 7.11 Å². The van der Waals surface area contributed by atoms with Crippen molar-refractivity contribution in [3.8, 4) is 5.75 Å². The molecule has 2 N–H and O–H groups in total. The second-order valence-corrected chi connectivity index (χ2v) is 6.70. The Kier molecular flexibility index (Phi) is 6.87. The van der Waals surface area contributed by atoms with Crippen LogP contribution in [0, 0.1) is 0 Å². The molecule has 0 aliphatic heterocycles. The topological polar surface area (TPSA) is 63.2 Å². The van der Waals surface area contributed by atoms with Crippen LogP contribution in [0.25, 0.3) is 0 Å². The number of aromatic nitrogens is 1. The Morgan fingerprint density at radius 2 is 1.75 bits per heavy atom. The standard InChI is InChI=1S/C22H22ClN3O2/c1-28-20-8-4-17(5-9-20)15-26-19-11-13-24-21(14-19)22(27)25-12-10-16-2-6-18(23)7-3-16/h2-9,11,13-14H,10,12,15H2,1H3,(H,24,26)(H,25,27). The van der Waals surface area contributed by atoms with Crippen molar-refractivity contribution in [3.05, 3.63) is 88.7 Å². The fraction of sp³-hybridized carbons (Fsp3) is 0.182. The molecule has 0 spiro atoms. The molecular weight excluding hydrogens is 374 g/mol. The molecule has 0 unspecified atom stereocenters. The fourth-order valence-corrected chi connectivity index (χ4v) is 2.80. The number of amides is 1. The Hall–Kier alpha value is -3.05. The lowest BCUT2D eigenvalue weighted by molar-refractivity contribution is 0.0949. The van der Waals surface area contributed by atoms with E-state index in [2.05, 4.69) is 15.6 Å². The van der Waals surface area contributed by atoms with Crippen LogP contribution in [0.4, 0.5) is 5.69 Å². The summed E-state index contributed by atoms with van der Waals surface area (Å²) in [6.45, 7) is 1.18. The van der Waals surface area contributed by atoms with Gasteiger partial charge in [-0.1, -0.05) is 35.9 Å². The number of benzene rings is 2. The Labute approximate surface area is 169 Å². The van der Waals surface area contributed by atoms with E-state index in [9.17, 15) is 4.79 Å². The summed E-state index contributed by atoms with van der Waals surface area (Å²) in [6, 6.07) is 19.0. The average Bonchev–Trinajstić information content (AvgIpc) is 2.74. The molecule has 1 amide bonds. The summed E-state index contributed by atoms with van der Waals surface area (Å²) >= 11 is 5.88. The van der Waals surface area contributed by atoms with Crippen LogP contribution in [-0.2, 0) is 13.0 Å². The predicted octanol–water partition coefficient (Wildman–Crippen LogP) is 4.33. The normalized spacial score (nSPS) is 10.4. The lowest BCUT2D eigenvalue weighted by Gasteiger charge is -2.09. The molecule has 0 aliphatic carbocycles. The van der Waals surface area contributed by atoms with E-state index in [-0.39, 0.29) is 5.91 Å². The summed E-state index contributed by atoms with van der Waals surface area (Å²) in [5.74, 6) is 0.632. The molecule has 3 rings (SSSR count). The van der Waals surface area contributed by atoms with Gasteiger partial charge in [0.1, 0.15) is 11.4 Å². The first kappa shape index (κ1) is 19.7. The van der Waals surface area contributed by atoms with Gasteiger partial charge in [0, 0.05) is 30.0 Å². The summed E-state index contributed by atoms with van der Waals surface area (Å²) in [5.41, 5.74) is 3.46. The van der Waals surface area contributed by atoms with Crippen molar-refractivity contribution in [2.24, 2.45) is 0 Å². The van der Waals surface area contributed by atoms with Crippen molar-refractivity contribution in [1.82, 2.24) is 10.3 Å². The number of rotatable bonds is 8. The third-order valence-corrected chi connectivity index (χ3v) is 4.51. The second-order valence-electron chi connectivity index (χ2n) is 6.26. The fourth-order valence-electron chi connectivity index (χ4n) is 2.67. The number of hydrogen-bond acceptors (Lipinski definition) is 4. The van der Waals surface area contributed by atoms with Gasteiger partial charge in [0.25, 0.3) is 5.91 Å². The molecule has 2 aromatic carbocycles. The van der Waals surface area contributed by atoms with Crippen LogP contribution in [0.1, 0.15) is 21.6 Å². The molecule has 0 fully saturated rings. The highest BCUT2D eigenvalue weighted by Gasteiger charge is 2.07. The first-order valence-electron chi connectivity index (χ1n) is 8.99. The van der Waals surface area contributed by atoms with Crippen LogP contribution in [0.3, 0.4) is 0 Å². The van der Waals surface area contributed by atoms with Crippen molar-refractivity contribution < 1.29 is 9.53 Å². The van der Waals surface area contributed by atoms with Gasteiger partial charge in [-0.05, 0) is 53.9 Å².